The lowest BCUT2D eigenvalue weighted by Crippen LogP contribution is -2.20. The lowest BCUT2D eigenvalue weighted by atomic mass is 9.95. The van der Waals surface area contributed by atoms with Crippen LogP contribution in [0.4, 0.5) is 17.6 Å². The first-order valence-corrected chi connectivity index (χ1v) is 14.6. The monoisotopic (exact) mass is 617 g/mol. The van der Waals surface area contributed by atoms with Crippen molar-refractivity contribution in [1.29, 1.82) is 0 Å². The van der Waals surface area contributed by atoms with Crippen LogP contribution in [0.2, 0.25) is 0 Å². The molecule has 5 aromatic rings. The van der Waals surface area contributed by atoms with E-state index in [1.165, 1.54) is 36.4 Å². The number of hydrogen-bond donors (Lipinski definition) is 3. The van der Waals surface area contributed by atoms with Gasteiger partial charge in [-0.05, 0) is 52.6 Å². The zero-order valence-electron chi connectivity index (χ0n) is 21.6. The average molecular weight is 618 g/mol. The van der Waals surface area contributed by atoms with Crippen molar-refractivity contribution >= 4 is 27.7 Å². The van der Waals surface area contributed by atoms with Crippen LogP contribution in [0.25, 0.3) is 27.5 Å². The third kappa shape index (κ3) is 5.87. The average Bonchev–Trinajstić information content (AvgIpc) is 3.55. The number of rotatable bonds is 7. The fraction of sp³-hybridized carbons (Fsp3) is 0.107. The number of aromatic carboxylic acids is 1. The normalized spacial score (nSPS) is 13.2. The molecule has 14 heteroatoms. The number of hydrogen-bond acceptors (Lipinski definition) is 5. The van der Waals surface area contributed by atoms with Gasteiger partial charge >= 0.3 is 22.5 Å². The van der Waals surface area contributed by atoms with Gasteiger partial charge in [-0.1, -0.05) is 42.0 Å². The summed E-state index contributed by atoms with van der Waals surface area (Å²) in [6.07, 6.45) is -5.30. The molecule has 0 saturated heterocycles. The molecule has 8 nitrogen and oxygen atoms in total. The van der Waals surface area contributed by atoms with Crippen molar-refractivity contribution in [2.45, 2.75) is 24.4 Å². The Morgan fingerprint density at radius 3 is 2.26 bits per heavy atom. The van der Waals surface area contributed by atoms with Crippen molar-refractivity contribution in [3.8, 4) is 27.5 Å². The zero-order valence-corrected chi connectivity index (χ0v) is 23.2. The van der Waals surface area contributed by atoms with E-state index >= 15 is 0 Å². The molecule has 0 aliphatic rings. The molecule has 0 aliphatic heterocycles. The summed E-state index contributed by atoms with van der Waals surface area (Å²) in [5.41, 5.74) is 0.0416. The van der Waals surface area contributed by atoms with Crippen LogP contribution in [-0.2, 0) is 27.2 Å². The minimum Gasteiger partial charge on any atom is -0.476 e. The fourth-order valence-corrected chi connectivity index (χ4v) is 5.65. The van der Waals surface area contributed by atoms with Gasteiger partial charge in [-0.25, -0.2) is 18.9 Å². The van der Waals surface area contributed by atoms with Gasteiger partial charge < -0.3 is 5.11 Å². The Morgan fingerprint density at radius 2 is 1.69 bits per heavy atom. The smallest absolute Gasteiger partial charge is 0.433 e. The standard InChI is InChI=1S/C28H20F4N4O4S2/c1-15-2-6-17(7-3-15)20-13-18(8-11-22(20)29)24-21(12-16-4-9-19(10-5-16)42(33,39)40)25(28(30,31)32)36(35-24)27-34-23(14-41-27)26(37)38/h2-11,13-14H,12H2,1H3,(H3-,33,37,38,39,40)/p+1. The topological polar surface area (TPSA) is 131 Å². The molecule has 42 heavy (non-hydrogen) atoms. The summed E-state index contributed by atoms with van der Waals surface area (Å²) in [7, 11) is -3.79. The van der Waals surface area contributed by atoms with Gasteiger partial charge in [-0.3, -0.25) is 0 Å². The van der Waals surface area contributed by atoms with E-state index in [0.29, 0.717) is 27.1 Å². The number of alkyl halides is 3. The molecule has 0 bridgehead atoms. The van der Waals surface area contributed by atoms with Gasteiger partial charge in [-0.15, -0.1) is 16.5 Å². The van der Waals surface area contributed by atoms with Crippen LogP contribution in [0.3, 0.4) is 0 Å². The molecular weight excluding hydrogens is 596 g/mol. The number of carboxylic acids is 1. The van der Waals surface area contributed by atoms with E-state index in [2.05, 4.69) is 10.1 Å². The Balaban J connectivity index is 1.74. The number of halogens is 4. The molecule has 216 valence electrons. The maximum absolute atomic E-state index is 14.9. The molecule has 0 fully saturated rings. The number of carbonyl (C=O) groups is 1. The van der Waals surface area contributed by atoms with E-state index in [-0.39, 0.29) is 38.8 Å². The fourth-order valence-electron chi connectivity index (χ4n) is 4.37. The molecule has 1 atom stereocenters. The van der Waals surface area contributed by atoms with E-state index in [9.17, 15) is 36.2 Å². The number of benzene rings is 3. The molecule has 5 rings (SSSR count). The Labute approximate surface area is 241 Å². The second kappa shape index (κ2) is 10.9. The van der Waals surface area contributed by atoms with Crippen molar-refractivity contribution < 1.29 is 36.2 Å². The second-order valence-electron chi connectivity index (χ2n) is 9.36. The summed E-state index contributed by atoms with van der Waals surface area (Å²) in [6.45, 7) is 1.86. The molecular formula is C28H21F4N4O4S2+. The molecule has 3 aromatic carbocycles. The minimum atomic E-state index is -4.97. The molecule has 0 amide bonds. The van der Waals surface area contributed by atoms with Gasteiger partial charge in [0.2, 0.25) is 10.0 Å². The first-order valence-electron chi connectivity index (χ1n) is 12.1. The van der Waals surface area contributed by atoms with Gasteiger partial charge in [-0.2, -0.15) is 22.8 Å². The Morgan fingerprint density at radius 1 is 1.05 bits per heavy atom. The van der Waals surface area contributed by atoms with Crippen molar-refractivity contribution in [3.05, 3.63) is 106 Å². The van der Waals surface area contributed by atoms with Gasteiger partial charge in [0, 0.05) is 28.5 Å². The van der Waals surface area contributed by atoms with E-state index < -0.39 is 39.8 Å². The summed E-state index contributed by atoms with van der Waals surface area (Å²) in [6, 6.07) is 16.0. The highest BCUT2D eigenvalue weighted by molar-refractivity contribution is 7.95. The first-order chi connectivity index (χ1) is 19.7. The van der Waals surface area contributed by atoms with Crippen LogP contribution in [0.5, 0.6) is 0 Å². The molecule has 0 saturated carbocycles. The molecule has 0 spiro atoms. The summed E-state index contributed by atoms with van der Waals surface area (Å²) >= 11 is 0.668. The summed E-state index contributed by atoms with van der Waals surface area (Å²) in [5.74, 6) is -2.00. The third-order valence-electron chi connectivity index (χ3n) is 6.39. The van der Waals surface area contributed by atoms with Crippen LogP contribution < -0.4 is 5.14 Å². The van der Waals surface area contributed by atoms with Crippen LogP contribution in [0.15, 0.2) is 77.0 Å². The lowest BCUT2D eigenvalue weighted by Gasteiger charge is -2.12. The number of carboxylic acid groups (broad SMARTS) is 1. The van der Waals surface area contributed by atoms with E-state index in [4.69, 9.17) is 5.14 Å². The van der Waals surface area contributed by atoms with Gasteiger partial charge in [0.25, 0.3) is 0 Å². The van der Waals surface area contributed by atoms with Crippen molar-refractivity contribution in [2.24, 2.45) is 5.14 Å². The van der Waals surface area contributed by atoms with Crippen LogP contribution in [0, 0.1) is 12.7 Å². The summed E-state index contributed by atoms with van der Waals surface area (Å²) in [5, 5.41) is 19.6. The predicted octanol–water partition coefficient (Wildman–Crippen LogP) is 6.62. The molecule has 0 radical (unpaired) electrons. The van der Waals surface area contributed by atoms with E-state index in [1.807, 2.05) is 6.92 Å². The van der Waals surface area contributed by atoms with Gasteiger partial charge in [0.1, 0.15) is 5.82 Å². The first kappa shape index (κ1) is 29.3. The molecule has 2 heterocycles. The van der Waals surface area contributed by atoms with E-state index in [1.54, 1.807) is 24.3 Å². The lowest BCUT2D eigenvalue weighted by molar-refractivity contribution is -0.143. The SMILES string of the molecule is Cc1ccc(-c2cc(-c3nn(-c4nc(C(=O)O)cs4)c(C(F)(F)F)c3Cc3ccc([S+](N)(=O)O)cc3)ccc2F)cc1. The predicted molar refractivity (Wildman–Crippen MR) is 149 cm³/mol. The highest BCUT2D eigenvalue weighted by Gasteiger charge is 2.41. The van der Waals surface area contributed by atoms with Crippen LogP contribution in [0.1, 0.15) is 32.9 Å². The quantitative estimate of drug-likeness (QED) is 0.139. The number of nitrogens with two attached hydrogens (primary N) is 1. The highest BCUT2D eigenvalue weighted by atomic mass is 32.3. The maximum Gasteiger partial charge on any atom is 0.433 e. The van der Waals surface area contributed by atoms with Gasteiger partial charge in [0.05, 0.1) is 5.69 Å². The molecule has 0 aliphatic carbocycles. The largest absolute Gasteiger partial charge is 0.476 e. The van der Waals surface area contributed by atoms with Crippen molar-refractivity contribution in [2.75, 3.05) is 0 Å². The Bertz CT molecular complexity index is 1840. The highest BCUT2D eigenvalue weighted by Crippen LogP contribution is 2.41. The van der Waals surface area contributed by atoms with Crippen molar-refractivity contribution in [1.82, 2.24) is 14.8 Å². The number of aryl methyl sites for hydroxylation is 1. The maximum atomic E-state index is 14.9. The van der Waals surface area contributed by atoms with Crippen LogP contribution >= 0.6 is 11.3 Å². The Hall–Kier alpha value is -4.24. The summed E-state index contributed by atoms with van der Waals surface area (Å²) < 4.78 is 81.0. The zero-order chi connectivity index (χ0) is 30.4. The van der Waals surface area contributed by atoms with Crippen LogP contribution in [-0.4, -0.2) is 30.4 Å². The number of nitrogens with zero attached hydrogens (tertiary/aromatic N) is 3. The number of aromatic nitrogens is 3. The van der Waals surface area contributed by atoms with E-state index in [0.717, 1.165) is 17.0 Å². The molecule has 2 aromatic heterocycles. The molecule has 1 unspecified atom stereocenters. The number of thiazole rings is 1. The van der Waals surface area contributed by atoms with Gasteiger partial charge in [0.15, 0.2) is 11.4 Å². The Kier molecular flexibility index (Phi) is 7.57. The molecule has 4 N–H and O–H groups in total. The third-order valence-corrected chi connectivity index (χ3v) is 8.15. The minimum absolute atomic E-state index is 0.108. The second-order valence-corrected chi connectivity index (χ2v) is 11.8. The summed E-state index contributed by atoms with van der Waals surface area (Å²) in [4.78, 5) is 15.1. The van der Waals surface area contributed by atoms with Crippen molar-refractivity contribution in [3.63, 3.8) is 0 Å².